The SMILES string of the molecule is CCC(Cl)O[Si](C)OC(Cl)CC. The lowest BCUT2D eigenvalue weighted by molar-refractivity contribution is 0.166. The first kappa shape index (κ1) is 12.7. The Balaban J connectivity index is 3.51. The van der Waals surface area contributed by atoms with Gasteiger partial charge >= 0.3 is 9.28 Å². The van der Waals surface area contributed by atoms with Crippen molar-refractivity contribution >= 4 is 32.5 Å². The molecule has 0 aliphatic heterocycles. The highest BCUT2D eigenvalue weighted by molar-refractivity contribution is 6.44. The van der Waals surface area contributed by atoms with E-state index in [2.05, 4.69) is 0 Å². The summed E-state index contributed by atoms with van der Waals surface area (Å²) in [5.41, 5.74) is -0.491. The van der Waals surface area contributed by atoms with Crippen LogP contribution in [0.2, 0.25) is 6.55 Å². The van der Waals surface area contributed by atoms with Crippen LogP contribution in [0.25, 0.3) is 0 Å². The molecular formula is C7H15Cl2O2Si. The fraction of sp³-hybridized carbons (Fsp3) is 1.00. The summed E-state index contributed by atoms with van der Waals surface area (Å²) in [6.07, 6.45) is 1.57. The van der Waals surface area contributed by atoms with Gasteiger partial charge in [0, 0.05) is 0 Å². The first-order chi connectivity index (χ1) is 5.60. The van der Waals surface area contributed by atoms with Crippen molar-refractivity contribution in [2.75, 3.05) is 0 Å². The molecule has 2 unspecified atom stereocenters. The van der Waals surface area contributed by atoms with Crippen molar-refractivity contribution in [1.29, 1.82) is 0 Å². The van der Waals surface area contributed by atoms with Crippen molar-refractivity contribution in [3.05, 3.63) is 0 Å². The molecule has 73 valence electrons. The van der Waals surface area contributed by atoms with Crippen molar-refractivity contribution in [2.45, 2.75) is 44.4 Å². The van der Waals surface area contributed by atoms with Gasteiger partial charge in [-0.3, -0.25) is 0 Å². The van der Waals surface area contributed by atoms with Gasteiger partial charge in [0.15, 0.2) is 0 Å². The Kier molecular flexibility index (Phi) is 7.58. The van der Waals surface area contributed by atoms with Crippen molar-refractivity contribution in [2.24, 2.45) is 0 Å². The summed E-state index contributed by atoms with van der Waals surface area (Å²) < 4.78 is 10.7. The van der Waals surface area contributed by atoms with E-state index >= 15 is 0 Å². The molecule has 0 amide bonds. The lowest BCUT2D eigenvalue weighted by Crippen LogP contribution is -2.26. The average molecular weight is 230 g/mol. The molecule has 0 fully saturated rings. The molecule has 0 heterocycles. The van der Waals surface area contributed by atoms with Crippen LogP contribution in [0.15, 0.2) is 0 Å². The van der Waals surface area contributed by atoms with Crippen molar-refractivity contribution in [3.8, 4) is 0 Å². The maximum atomic E-state index is 5.77. The Morgan fingerprint density at radius 1 is 1.08 bits per heavy atom. The van der Waals surface area contributed by atoms with Gasteiger partial charge < -0.3 is 8.85 Å². The predicted octanol–water partition coefficient (Wildman–Crippen LogP) is 3.09. The average Bonchev–Trinajstić information content (AvgIpc) is 2.03. The molecule has 0 aliphatic carbocycles. The van der Waals surface area contributed by atoms with Crippen molar-refractivity contribution in [1.82, 2.24) is 0 Å². The number of rotatable bonds is 6. The summed E-state index contributed by atoms with van der Waals surface area (Å²) in [5, 5.41) is 0. The third-order valence-electron chi connectivity index (χ3n) is 1.23. The standard InChI is InChI=1S/C7H15Cl2O2Si/c1-4-6(8)10-12(3)11-7(9)5-2/h6-7H,4-5H2,1-3H3. The van der Waals surface area contributed by atoms with Crippen LogP contribution in [-0.2, 0) is 8.85 Å². The lowest BCUT2D eigenvalue weighted by Gasteiger charge is -2.16. The van der Waals surface area contributed by atoms with E-state index in [1.807, 2.05) is 20.4 Å². The molecule has 0 N–H and O–H groups in total. The zero-order valence-electron chi connectivity index (χ0n) is 7.64. The second kappa shape index (κ2) is 7.15. The van der Waals surface area contributed by atoms with E-state index in [9.17, 15) is 0 Å². The molecule has 0 spiro atoms. The molecule has 0 saturated heterocycles. The van der Waals surface area contributed by atoms with Gasteiger partial charge in [-0.25, -0.2) is 0 Å². The molecular weight excluding hydrogens is 215 g/mol. The van der Waals surface area contributed by atoms with E-state index in [1.165, 1.54) is 0 Å². The quantitative estimate of drug-likeness (QED) is 0.515. The maximum Gasteiger partial charge on any atom is 0.383 e. The van der Waals surface area contributed by atoms with E-state index in [0.717, 1.165) is 12.8 Å². The highest BCUT2D eigenvalue weighted by Crippen LogP contribution is 2.10. The van der Waals surface area contributed by atoms with Crippen LogP contribution in [0.3, 0.4) is 0 Å². The van der Waals surface area contributed by atoms with Crippen LogP contribution in [0, 0.1) is 0 Å². The maximum absolute atomic E-state index is 5.77. The van der Waals surface area contributed by atoms with Gasteiger partial charge in [0.25, 0.3) is 0 Å². The molecule has 0 aromatic heterocycles. The van der Waals surface area contributed by atoms with E-state index in [0.29, 0.717) is 0 Å². The summed E-state index contributed by atoms with van der Waals surface area (Å²) in [6.45, 7) is 5.82. The smallest absolute Gasteiger partial charge is 0.376 e. The minimum Gasteiger partial charge on any atom is -0.376 e. The number of halogens is 2. The monoisotopic (exact) mass is 229 g/mol. The van der Waals surface area contributed by atoms with Gasteiger partial charge in [-0.15, -0.1) is 0 Å². The largest absolute Gasteiger partial charge is 0.383 e. The number of hydrogen-bond acceptors (Lipinski definition) is 2. The summed E-state index contributed by atoms with van der Waals surface area (Å²) >= 11 is 11.5. The molecule has 0 bridgehead atoms. The Bertz CT molecular complexity index is 104. The Labute approximate surface area is 86.0 Å². The molecule has 0 aliphatic rings. The topological polar surface area (TPSA) is 18.5 Å². The van der Waals surface area contributed by atoms with Crippen LogP contribution < -0.4 is 0 Å². The minimum atomic E-state index is -1.28. The first-order valence-electron chi connectivity index (χ1n) is 4.05. The number of alkyl halides is 2. The third kappa shape index (κ3) is 6.26. The molecule has 12 heavy (non-hydrogen) atoms. The molecule has 0 saturated carbocycles. The van der Waals surface area contributed by atoms with Gasteiger partial charge in [-0.1, -0.05) is 37.0 Å². The second-order valence-electron chi connectivity index (χ2n) is 2.36. The highest BCUT2D eigenvalue weighted by Gasteiger charge is 2.16. The van der Waals surface area contributed by atoms with Gasteiger partial charge in [0.05, 0.1) is 0 Å². The van der Waals surface area contributed by atoms with Gasteiger partial charge in [-0.05, 0) is 19.4 Å². The number of hydrogen-bond donors (Lipinski definition) is 0. The second-order valence-corrected chi connectivity index (χ2v) is 4.79. The van der Waals surface area contributed by atoms with Crippen LogP contribution in [-0.4, -0.2) is 20.4 Å². The van der Waals surface area contributed by atoms with E-state index in [1.54, 1.807) is 0 Å². The van der Waals surface area contributed by atoms with Gasteiger partial charge in [-0.2, -0.15) is 0 Å². The highest BCUT2D eigenvalue weighted by atomic mass is 35.5. The fourth-order valence-corrected chi connectivity index (χ4v) is 2.42. The zero-order valence-corrected chi connectivity index (χ0v) is 10.2. The molecule has 2 nitrogen and oxygen atoms in total. The van der Waals surface area contributed by atoms with Crippen molar-refractivity contribution in [3.63, 3.8) is 0 Å². The summed E-state index contributed by atoms with van der Waals surface area (Å²) in [5.74, 6) is 0. The Morgan fingerprint density at radius 3 is 1.67 bits per heavy atom. The molecule has 0 aromatic rings. The zero-order chi connectivity index (χ0) is 9.56. The van der Waals surface area contributed by atoms with Crippen LogP contribution >= 0.6 is 23.2 Å². The van der Waals surface area contributed by atoms with E-state index in [4.69, 9.17) is 32.1 Å². The summed E-state index contributed by atoms with van der Waals surface area (Å²) in [6, 6.07) is 0. The fourth-order valence-electron chi connectivity index (χ4n) is 0.555. The normalized spacial score (nSPS) is 16.5. The minimum absolute atomic E-state index is 0.246. The van der Waals surface area contributed by atoms with Crippen LogP contribution in [0.1, 0.15) is 26.7 Å². The molecule has 0 rings (SSSR count). The van der Waals surface area contributed by atoms with Crippen molar-refractivity contribution < 1.29 is 8.85 Å². The first-order valence-corrected chi connectivity index (χ1v) is 6.74. The van der Waals surface area contributed by atoms with Crippen LogP contribution in [0.4, 0.5) is 0 Å². The summed E-state index contributed by atoms with van der Waals surface area (Å²) in [4.78, 5) is 0. The van der Waals surface area contributed by atoms with E-state index < -0.39 is 9.28 Å². The Hall–Kier alpha value is 0.717. The third-order valence-corrected chi connectivity index (χ3v) is 3.56. The lowest BCUT2D eigenvalue weighted by atomic mass is 10.5. The molecule has 1 radical (unpaired) electrons. The van der Waals surface area contributed by atoms with Crippen LogP contribution in [0.5, 0.6) is 0 Å². The van der Waals surface area contributed by atoms with Gasteiger partial charge in [0.1, 0.15) is 11.1 Å². The predicted molar refractivity (Wildman–Crippen MR) is 53.7 cm³/mol. The van der Waals surface area contributed by atoms with E-state index in [-0.39, 0.29) is 11.1 Å². The molecule has 2 atom stereocenters. The Morgan fingerprint density at radius 2 is 1.42 bits per heavy atom. The molecule has 0 aromatic carbocycles. The summed E-state index contributed by atoms with van der Waals surface area (Å²) in [7, 11) is -1.28. The van der Waals surface area contributed by atoms with Gasteiger partial charge in [0.2, 0.25) is 0 Å². The molecule has 5 heteroatoms.